The molecule has 0 N–H and O–H groups in total. The number of hydrogen-bond acceptors (Lipinski definition) is 3. The lowest BCUT2D eigenvalue weighted by Crippen LogP contribution is -2.12. The van der Waals surface area contributed by atoms with Crippen LogP contribution in [-0.2, 0) is 0 Å². The molecule has 21 heavy (non-hydrogen) atoms. The maximum atomic E-state index is 11.0. The van der Waals surface area contributed by atoms with Crippen molar-refractivity contribution in [3.05, 3.63) is 69.2 Å². The summed E-state index contributed by atoms with van der Waals surface area (Å²) in [5, 5.41) is 12.0. The SMILES string of the molecule is O=[N+]([O-])c1cc(Cl)ccc1OCC(CBr)c1ccccc1. The minimum Gasteiger partial charge on any atom is -0.486 e. The molecule has 0 saturated heterocycles. The third-order valence-electron chi connectivity index (χ3n) is 3.01. The lowest BCUT2D eigenvalue weighted by atomic mass is 10.0. The van der Waals surface area contributed by atoms with Gasteiger partial charge in [0, 0.05) is 22.3 Å². The van der Waals surface area contributed by atoms with Crippen LogP contribution in [0.5, 0.6) is 5.75 Å². The maximum absolute atomic E-state index is 11.0. The lowest BCUT2D eigenvalue weighted by molar-refractivity contribution is -0.385. The Morgan fingerprint density at radius 3 is 2.57 bits per heavy atom. The normalized spacial score (nSPS) is 11.9. The average Bonchev–Trinajstić information content (AvgIpc) is 2.50. The summed E-state index contributed by atoms with van der Waals surface area (Å²) in [4.78, 5) is 10.5. The Morgan fingerprint density at radius 2 is 1.95 bits per heavy atom. The minimum absolute atomic E-state index is 0.112. The van der Waals surface area contributed by atoms with Gasteiger partial charge in [-0.25, -0.2) is 0 Å². The van der Waals surface area contributed by atoms with Crippen LogP contribution >= 0.6 is 27.5 Å². The number of halogens is 2. The number of nitrogens with zero attached hydrogens (tertiary/aromatic N) is 1. The second-order valence-electron chi connectivity index (χ2n) is 4.44. The molecule has 0 aliphatic heterocycles. The third-order valence-corrected chi connectivity index (χ3v) is 4.03. The summed E-state index contributed by atoms with van der Waals surface area (Å²) < 4.78 is 5.63. The molecule has 2 aromatic carbocycles. The summed E-state index contributed by atoms with van der Waals surface area (Å²) in [5.41, 5.74) is 0.995. The van der Waals surface area contributed by atoms with Crippen LogP contribution < -0.4 is 4.74 Å². The van der Waals surface area contributed by atoms with Crippen LogP contribution in [0.25, 0.3) is 0 Å². The Kier molecular flexibility index (Phi) is 5.59. The van der Waals surface area contributed by atoms with E-state index in [4.69, 9.17) is 16.3 Å². The highest BCUT2D eigenvalue weighted by Crippen LogP contribution is 2.31. The molecule has 0 radical (unpaired) electrons. The molecule has 1 unspecified atom stereocenters. The fourth-order valence-electron chi connectivity index (χ4n) is 1.90. The topological polar surface area (TPSA) is 52.4 Å². The van der Waals surface area contributed by atoms with Crippen molar-refractivity contribution < 1.29 is 9.66 Å². The van der Waals surface area contributed by atoms with Crippen LogP contribution in [0, 0.1) is 10.1 Å². The first-order chi connectivity index (χ1) is 10.1. The second-order valence-corrected chi connectivity index (χ2v) is 5.53. The van der Waals surface area contributed by atoms with Crippen molar-refractivity contribution in [3.63, 3.8) is 0 Å². The van der Waals surface area contributed by atoms with Gasteiger partial charge in [-0.05, 0) is 17.7 Å². The van der Waals surface area contributed by atoms with E-state index in [1.54, 1.807) is 6.07 Å². The number of nitro benzene ring substituents is 1. The van der Waals surface area contributed by atoms with Crippen molar-refractivity contribution >= 4 is 33.2 Å². The Morgan fingerprint density at radius 1 is 1.24 bits per heavy atom. The fourth-order valence-corrected chi connectivity index (χ4v) is 2.63. The molecule has 110 valence electrons. The van der Waals surface area contributed by atoms with Gasteiger partial charge in [0.1, 0.15) is 0 Å². The summed E-state index contributed by atoms with van der Waals surface area (Å²) >= 11 is 9.23. The van der Waals surface area contributed by atoms with Gasteiger partial charge in [0.15, 0.2) is 5.75 Å². The van der Waals surface area contributed by atoms with E-state index in [2.05, 4.69) is 15.9 Å². The van der Waals surface area contributed by atoms with Crippen LogP contribution in [0.2, 0.25) is 5.02 Å². The van der Waals surface area contributed by atoms with Gasteiger partial charge in [-0.1, -0.05) is 57.9 Å². The summed E-state index contributed by atoms with van der Waals surface area (Å²) in [7, 11) is 0. The molecule has 0 heterocycles. The molecule has 0 spiro atoms. The van der Waals surface area contributed by atoms with Crippen LogP contribution in [0.15, 0.2) is 48.5 Å². The average molecular weight is 371 g/mol. The van der Waals surface area contributed by atoms with Gasteiger partial charge in [0.25, 0.3) is 0 Å². The van der Waals surface area contributed by atoms with E-state index < -0.39 is 4.92 Å². The molecular formula is C15H13BrClNO3. The standard InChI is InChI=1S/C15H13BrClNO3/c16-9-12(11-4-2-1-3-5-11)10-21-15-7-6-13(17)8-14(15)18(19)20/h1-8,12H,9-10H2. The first kappa shape index (κ1) is 15.8. The van der Waals surface area contributed by atoms with Gasteiger partial charge >= 0.3 is 5.69 Å². The molecule has 2 aromatic rings. The number of benzene rings is 2. The number of alkyl halides is 1. The van der Waals surface area contributed by atoms with E-state index in [0.717, 1.165) is 5.56 Å². The van der Waals surface area contributed by atoms with Gasteiger partial charge in [-0.2, -0.15) is 0 Å². The zero-order valence-corrected chi connectivity index (χ0v) is 13.4. The van der Waals surface area contributed by atoms with E-state index in [0.29, 0.717) is 17.0 Å². The van der Waals surface area contributed by atoms with Gasteiger partial charge in [-0.3, -0.25) is 10.1 Å². The van der Waals surface area contributed by atoms with E-state index in [9.17, 15) is 10.1 Å². The summed E-state index contributed by atoms with van der Waals surface area (Å²) in [6, 6.07) is 14.3. The smallest absolute Gasteiger partial charge is 0.312 e. The van der Waals surface area contributed by atoms with Crippen molar-refractivity contribution in [2.45, 2.75) is 5.92 Å². The van der Waals surface area contributed by atoms with Gasteiger partial charge in [0.05, 0.1) is 11.5 Å². The molecule has 4 nitrogen and oxygen atoms in total. The Hall–Kier alpha value is -1.59. The quantitative estimate of drug-likeness (QED) is 0.417. The number of ether oxygens (including phenoxy) is 1. The van der Waals surface area contributed by atoms with Gasteiger partial charge in [-0.15, -0.1) is 0 Å². The molecular weight excluding hydrogens is 358 g/mol. The summed E-state index contributed by atoms with van der Waals surface area (Å²) in [6.07, 6.45) is 0. The van der Waals surface area contributed by atoms with E-state index in [-0.39, 0.29) is 17.4 Å². The molecule has 2 rings (SSSR count). The lowest BCUT2D eigenvalue weighted by Gasteiger charge is -2.15. The predicted molar refractivity (Wildman–Crippen MR) is 86.6 cm³/mol. The van der Waals surface area contributed by atoms with Crippen LogP contribution in [0.3, 0.4) is 0 Å². The first-order valence-electron chi connectivity index (χ1n) is 6.29. The summed E-state index contributed by atoms with van der Waals surface area (Å²) in [5.74, 6) is 0.341. The third kappa shape index (κ3) is 4.19. The number of hydrogen-bond donors (Lipinski definition) is 0. The highest BCUT2D eigenvalue weighted by Gasteiger charge is 2.18. The molecule has 0 bridgehead atoms. The Labute approximate surface area is 136 Å². The van der Waals surface area contributed by atoms with Crippen LogP contribution in [0.4, 0.5) is 5.69 Å². The molecule has 0 fully saturated rings. The van der Waals surface area contributed by atoms with E-state index in [1.807, 2.05) is 30.3 Å². The largest absolute Gasteiger partial charge is 0.486 e. The van der Waals surface area contributed by atoms with Crippen molar-refractivity contribution in [1.29, 1.82) is 0 Å². The predicted octanol–water partition coefficient (Wildman–Crippen LogP) is 4.81. The molecule has 0 amide bonds. The van der Waals surface area contributed by atoms with Gasteiger partial charge in [0.2, 0.25) is 0 Å². The van der Waals surface area contributed by atoms with Crippen LogP contribution in [0.1, 0.15) is 11.5 Å². The molecule has 6 heteroatoms. The highest BCUT2D eigenvalue weighted by molar-refractivity contribution is 9.09. The molecule has 0 saturated carbocycles. The molecule has 0 aromatic heterocycles. The number of nitro groups is 1. The molecule has 0 aliphatic carbocycles. The molecule has 1 atom stereocenters. The van der Waals surface area contributed by atoms with E-state index >= 15 is 0 Å². The van der Waals surface area contributed by atoms with Crippen molar-refractivity contribution in [2.75, 3.05) is 11.9 Å². The highest BCUT2D eigenvalue weighted by atomic mass is 79.9. The second kappa shape index (κ2) is 7.43. The van der Waals surface area contributed by atoms with Crippen LogP contribution in [-0.4, -0.2) is 16.9 Å². The van der Waals surface area contributed by atoms with Crippen molar-refractivity contribution in [2.24, 2.45) is 0 Å². The maximum Gasteiger partial charge on any atom is 0.312 e. The zero-order chi connectivity index (χ0) is 15.2. The summed E-state index contributed by atoms with van der Waals surface area (Å²) in [6.45, 7) is 0.345. The fraction of sp³-hybridized carbons (Fsp3) is 0.200. The Balaban J connectivity index is 2.14. The minimum atomic E-state index is -0.493. The van der Waals surface area contributed by atoms with Gasteiger partial charge < -0.3 is 4.74 Å². The zero-order valence-electron chi connectivity index (χ0n) is 11.0. The van der Waals surface area contributed by atoms with Crippen molar-refractivity contribution in [3.8, 4) is 5.75 Å². The molecule has 0 aliphatic rings. The first-order valence-corrected chi connectivity index (χ1v) is 7.79. The van der Waals surface area contributed by atoms with Crippen molar-refractivity contribution in [1.82, 2.24) is 0 Å². The Bertz CT molecular complexity index is 622. The van der Waals surface area contributed by atoms with E-state index in [1.165, 1.54) is 12.1 Å². The monoisotopic (exact) mass is 369 g/mol. The number of rotatable bonds is 6.